The number of piperazine rings is 1. The molecule has 9 nitrogen and oxygen atoms in total. The molecular weight excluding hydrogens is 445 g/mol. The highest BCUT2D eigenvalue weighted by atomic mass is 32.2. The van der Waals surface area contributed by atoms with Gasteiger partial charge >= 0.3 is 6.09 Å². The van der Waals surface area contributed by atoms with Gasteiger partial charge in [-0.1, -0.05) is 26.1 Å². The average molecular weight is 474 g/mol. The van der Waals surface area contributed by atoms with Crippen LogP contribution in [0.4, 0.5) is 20.6 Å². The molecule has 1 amide bonds. The molecule has 2 aliphatic heterocycles. The van der Waals surface area contributed by atoms with Crippen molar-refractivity contribution in [2.24, 2.45) is 11.1 Å². The Labute approximate surface area is 187 Å². The van der Waals surface area contributed by atoms with Gasteiger partial charge in [0.15, 0.2) is 0 Å². The van der Waals surface area contributed by atoms with Crippen molar-refractivity contribution in [2.45, 2.75) is 26.4 Å². The zero-order valence-electron chi connectivity index (χ0n) is 17.6. The standard InChI is InChI=1S/C19H28FN5O4S2/c1-13(2)9-18(30)22-11-15-12-25(19(26)29-15)14-3-4-17(16(20)10-14)23-5-7-24(8-6-23)31(21,27)28/h3-4,10,13,15H,5-9,11-12H2,1-2H3,(H,22,30)(H2,21,27,28)/t15-/m0/s1. The summed E-state index contributed by atoms with van der Waals surface area (Å²) in [6, 6.07) is 4.54. The van der Waals surface area contributed by atoms with Gasteiger partial charge in [0, 0.05) is 32.6 Å². The topological polar surface area (TPSA) is 108 Å². The Morgan fingerprint density at radius 1 is 1.32 bits per heavy atom. The van der Waals surface area contributed by atoms with Crippen molar-refractivity contribution >= 4 is 44.9 Å². The van der Waals surface area contributed by atoms with Crippen molar-refractivity contribution in [3.8, 4) is 0 Å². The van der Waals surface area contributed by atoms with E-state index in [2.05, 4.69) is 19.2 Å². The van der Waals surface area contributed by atoms with E-state index in [0.29, 0.717) is 43.5 Å². The molecule has 0 radical (unpaired) electrons. The number of cyclic esters (lactones) is 1. The number of nitrogens with two attached hydrogens (primary N) is 1. The van der Waals surface area contributed by atoms with E-state index in [0.717, 1.165) is 15.7 Å². The highest BCUT2D eigenvalue weighted by Crippen LogP contribution is 2.28. The summed E-state index contributed by atoms with van der Waals surface area (Å²) in [5, 5.41) is 8.26. The molecule has 0 spiro atoms. The van der Waals surface area contributed by atoms with Gasteiger partial charge in [0.2, 0.25) is 0 Å². The quantitative estimate of drug-likeness (QED) is 0.577. The van der Waals surface area contributed by atoms with Gasteiger partial charge in [-0.25, -0.2) is 14.3 Å². The van der Waals surface area contributed by atoms with Crippen molar-refractivity contribution in [2.75, 3.05) is 49.1 Å². The maximum absolute atomic E-state index is 14.8. The first-order chi connectivity index (χ1) is 14.5. The number of ether oxygens (including phenoxy) is 1. The number of carbonyl (C=O) groups is 1. The fourth-order valence-electron chi connectivity index (χ4n) is 3.61. The number of amides is 1. The van der Waals surface area contributed by atoms with Gasteiger partial charge in [-0.2, -0.15) is 12.7 Å². The molecule has 0 unspecified atom stereocenters. The van der Waals surface area contributed by atoms with E-state index < -0.39 is 22.1 Å². The first kappa shape index (κ1) is 23.6. The lowest BCUT2D eigenvalue weighted by Gasteiger charge is -2.34. The Kier molecular flexibility index (Phi) is 7.35. The van der Waals surface area contributed by atoms with Crippen LogP contribution in [0.2, 0.25) is 0 Å². The second kappa shape index (κ2) is 9.63. The Morgan fingerprint density at radius 3 is 2.58 bits per heavy atom. The smallest absolute Gasteiger partial charge is 0.414 e. The molecule has 0 bridgehead atoms. The molecule has 31 heavy (non-hydrogen) atoms. The van der Waals surface area contributed by atoms with Crippen LogP contribution in [-0.4, -0.2) is 69.2 Å². The highest BCUT2D eigenvalue weighted by Gasteiger charge is 2.33. The van der Waals surface area contributed by atoms with Crippen molar-refractivity contribution in [1.29, 1.82) is 0 Å². The molecule has 3 rings (SSSR count). The van der Waals surface area contributed by atoms with Gasteiger partial charge in [0.25, 0.3) is 10.2 Å². The second-order valence-electron chi connectivity index (χ2n) is 8.09. The maximum Gasteiger partial charge on any atom is 0.414 e. The minimum atomic E-state index is -3.75. The summed E-state index contributed by atoms with van der Waals surface area (Å²) in [6.07, 6.45) is -0.153. The van der Waals surface area contributed by atoms with Crippen LogP contribution in [0.3, 0.4) is 0 Å². The molecular formula is C19H28FN5O4S2. The predicted octanol–water partition coefficient (Wildman–Crippen LogP) is 1.44. The number of hydrogen-bond acceptors (Lipinski definition) is 6. The molecule has 1 aromatic carbocycles. The van der Waals surface area contributed by atoms with Gasteiger partial charge in [0.1, 0.15) is 11.9 Å². The summed E-state index contributed by atoms with van der Waals surface area (Å²) in [5.41, 5.74) is 0.754. The third-order valence-electron chi connectivity index (χ3n) is 5.18. The van der Waals surface area contributed by atoms with E-state index in [9.17, 15) is 17.6 Å². The minimum absolute atomic E-state index is 0.186. The number of thiocarbonyl (C=S) groups is 1. The monoisotopic (exact) mass is 473 g/mol. The van der Waals surface area contributed by atoms with Gasteiger partial charge < -0.3 is 15.0 Å². The third kappa shape index (κ3) is 6.03. The predicted molar refractivity (Wildman–Crippen MR) is 121 cm³/mol. The van der Waals surface area contributed by atoms with Crippen LogP contribution in [-0.2, 0) is 14.9 Å². The molecule has 0 aliphatic carbocycles. The first-order valence-corrected chi connectivity index (χ1v) is 12.0. The Bertz CT molecular complexity index is 935. The normalized spacial score (nSPS) is 20.3. The van der Waals surface area contributed by atoms with Gasteiger partial charge in [-0.3, -0.25) is 4.90 Å². The molecule has 1 atom stereocenters. The van der Waals surface area contributed by atoms with Crippen molar-refractivity contribution in [3.63, 3.8) is 0 Å². The van der Waals surface area contributed by atoms with Crippen molar-refractivity contribution in [3.05, 3.63) is 24.0 Å². The molecule has 3 N–H and O–H groups in total. The summed E-state index contributed by atoms with van der Waals surface area (Å²) in [7, 11) is -3.75. The summed E-state index contributed by atoms with van der Waals surface area (Å²) in [6.45, 7) is 5.86. The van der Waals surface area contributed by atoms with Gasteiger partial charge in [-0.15, -0.1) is 0 Å². The number of hydrogen-bond donors (Lipinski definition) is 2. The van der Waals surface area contributed by atoms with E-state index in [-0.39, 0.29) is 19.2 Å². The SMILES string of the molecule is CC(C)CC(=S)NC[C@H]1CN(c2ccc(N3CCN(S(N)(=O)=O)CC3)c(F)c2)C(=O)O1. The van der Waals surface area contributed by atoms with Gasteiger partial charge in [-0.05, 0) is 24.1 Å². The number of carbonyl (C=O) groups excluding carboxylic acids is 1. The molecule has 0 saturated carbocycles. The van der Waals surface area contributed by atoms with E-state index >= 15 is 0 Å². The highest BCUT2D eigenvalue weighted by molar-refractivity contribution is 7.86. The summed E-state index contributed by atoms with van der Waals surface area (Å²) >= 11 is 5.28. The molecule has 2 aliphatic rings. The lowest BCUT2D eigenvalue weighted by atomic mass is 10.1. The average Bonchev–Trinajstić information content (AvgIpc) is 3.06. The number of anilines is 2. The van der Waals surface area contributed by atoms with Crippen LogP contribution >= 0.6 is 12.2 Å². The maximum atomic E-state index is 14.8. The van der Waals surface area contributed by atoms with Crippen LogP contribution in [0.15, 0.2) is 18.2 Å². The van der Waals surface area contributed by atoms with E-state index in [4.69, 9.17) is 22.1 Å². The van der Waals surface area contributed by atoms with Crippen LogP contribution in [0, 0.1) is 11.7 Å². The van der Waals surface area contributed by atoms with E-state index in [1.165, 1.54) is 11.0 Å². The molecule has 2 fully saturated rings. The number of rotatable bonds is 7. The number of benzene rings is 1. The Hall–Kier alpha value is -2.02. The molecule has 12 heteroatoms. The third-order valence-corrected chi connectivity index (χ3v) is 6.57. The van der Waals surface area contributed by atoms with Crippen LogP contribution in [0.5, 0.6) is 0 Å². The largest absolute Gasteiger partial charge is 0.442 e. The summed E-state index contributed by atoms with van der Waals surface area (Å²) in [5.74, 6) is -0.0548. The lowest BCUT2D eigenvalue weighted by Crippen LogP contribution is -2.50. The van der Waals surface area contributed by atoms with Crippen molar-refractivity contribution < 1.29 is 22.3 Å². The molecule has 2 saturated heterocycles. The first-order valence-electron chi connectivity index (χ1n) is 10.1. The van der Waals surface area contributed by atoms with Crippen LogP contribution in [0.1, 0.15) is 20.3 Å². The van der Waals surface area contributed by atoms with Crippen LogP contribution < -0.4 is 20.3 Å². The fraction of sp³-hybridized carbons (Fsp3) is 0.579. The fourth-order valence-corrected chi connectivity index (χ4v) is 4.70. The summed E-state index contributed by atoms with van der Waals surface area (Å²) in [4.78, 5) is 16.1. The Balaban J connectivity index is 1.60. The van der Waals surface area contributed by atoms with E-state index in [1.807, 2.05) is 0 Å². The molecule has 0 aromatic heterocycles. The Morgan fingerprint density at radius 2 is 2.00 bits per heavy atom. The van der Waals surface area contributed by atoms with Gasteiger partial charge in [0.05, 0.1) is 29.5 Å². The number of nitrogens with one attached hydrogen (secondary N) is 1. The number of nitrogens with zero attached hydrogens (tertiary/aromatic N) is 3. The zero-order chi connectivity index (χ0) is 22.8. The molecule has 1 aromatic rings. The van der Waals surface area contributed by atoms with Crippen molar-refractivity contribution in [1.82, 2.24) is 9.62 Å². The van der Waals surface area contributed by atoms with E-state index in [1.54, 1.807) is 17.0 Å². The molecule has 2 heterocycles. The zero-order valence-corrected chi connectivity index (χ0v) is 19.2. The number of halogens is 1. The second-order valence-corrected chi connectivity index (χ2v) is 10.1. The minimum Gasteiger partial charge on any atom is -0.442 e. The molecule has 172 valence electrons. The lowest BCUT2D eigenvalue weighted by molar-refractivity contribution is 0.143. The summed E-state index contributed by atoms with van der Waals surface area (Å²) < 4.78 is 44.2. The van der Waals surface area contributed by atoms with Crippen LogP contribution in [0.25, 0.3) is 0 Å².